The van der Waals surface area contributed by atoms with Crippen LogP contribution < -0.4 is 10.1 Å². The van der Waals surface area contributed by atoms with Gasteiger partial charge in [-0.15, -0.1) is 0 Å². The largest absolute Gasteiger partial charge is 0.481 e. The van der Waals surface area contributed by atoms with Crippen molar-refractivity contribution in [2.45, 2.75) is 59.6 Å². The van der Waals surface area contributed by atoms with Gasteiger partial charge in [-0.25, -0.2) is 4.39 Å². The molecule has 0 unspecified atom stereocenters. The number of hydrogen-bond donors (Lipinski definition) is 1. The Morgan fingerprint density at radius 2 is 1.94 bits per heavy atom. The third kappa shape index (κ3) is 5.12. The summed E-state index contributed by atoms with van der Waals surface area (Å²) in [5, 5.41) is 2.80. The van der Waals surface area contributed by atoms with E-state index in [1.54, 1.807) is 6.07 Å². The average Bonchev–Trinajstić information content (AvgIpc) is 2.75. The number of benzene rings is 2. The van der Waals surface area contributed by atoms with Crippen molar-refractivity contribution in [3.8, 4) is 5.75 Å². The minimum Gasteiger partial charge on any atom is -0.481 e. The van der Waals surface area contributed by atoms with Crippen LogP contribution in [0.15, 0.2) is 42.5 Å². The van der Waals surface area contributed by atoms with Gasteiger partial charge >= 0.3 is 0 Å². The minimum atomic E-state index is -0.600. The van der Waals surface area contributed by atoms with Crippen LogP contribution in [0.4, 0.5) is 4.39 Å². The number of likely N-dealkylation sites (N-methyl/N-ethyl adjacent to an activating group) is 1. The normalized spacial score (nSPS) is 16.8. The Bertz CT molecular complexity index is 983. The quantitative estimate of drug-likeness (QED) is 0.712. The monoisotopic (exact) mass is 440 g/mol. The maximum Gasteiger partial charge on any atom is 0.261 e. The summed E-state index contributed by atoms with van der Waals surface area (Å²) in [6, 6.07) is 11.7. The SMILES string of the molecule is CCNC(=O)[C@H](CC)Oc1ccc2c(c1)[C@H](c1cccc(F)c1)N(C(=O)C(C)(C)C)CC2. The summed E-state index contributed by atoms with van der Waals surface area (Å²) in [6.07, 6.45) is 0.637. The summed E-state index contributed by atoms with van der Waals surface area (Å²) in [5.41, 5.74) is 2.15. The van der Waals surface area contributed by atoms with Crippen LogP contribution in [0, 0.1) is 11.2 Å². The third-order valence-electron chi connectivity index (χ3n) is 5.71. The molecule has 2 aromatic rings. The molecule has 6 heteroatoms. The Hall–Kier alpha value is -2.89. The molecule has 1 aliphatic heterocycles. The molecule has 0 spiro atoms. The molecule has 2 atom stereocenters. The molecule has 32 heavy (non-hydrogen) atoms. The fraction of sp³-hybridized carbons (Fsp3) is 0.462. The number of rotatable bonds is 6. The van der Waals surface area contributed by atoms with Crippen molar-refractivity contribution in [2.24, 2.45) is 5.41 Å². The first-order valence-electron chi connectivity index (χ1n) is 11.3. The van der Waals surface area contributed by atoms with Gasteiger partial charge in [0.05, 0.1) is 6.04 Å². The number of carbonyl (C=O) groups is 2. The predicted octanol–water partition coefficient (Wildman–Crippen LogP) is 4.64. The summed E-state index contributed by atoms with van der Waals surface area (Å²) in [4.78, 5) is 27.5. The van der Waals surface area contributed by atoms with Crippen LogP contribution in [0.25, 0.3) is 0 Å². The third-order valence-corrected chi connectivity index (χ3v) is 5.71. The standard InChI is InChI=1S/C26H33FN2O3/c1-6-22(24(30)28-7-2)32-20-12-11-17-13-14-29(25(31)26(3,4)5)23(21(17)16-20)18-9-8-10-19(27)15-18/h8-12,15-16,22-23H,6-7,13-14H2,1-5H3,(H,28,30)/t22-,23-/m0/s1. The second kappa shape index (κ2) is 9.72. The molecule has 5 nitrogen and oxygen atoms in total. The topological polar surface area (TPSA) is 58.6 Å². The molecule has 1 N–H and O–H groups in total. The zero-order chi connectivity index (χ0) is 23.5. The molecule has 0 aromatic heterocycles. The number of fused-ring (bicyclic) bond motifs is 1. The van der Waals surface area contributed by atoms with Crippen molar-refractivity contribution in [2.75, 3.05) is 13.1 Å². The predicted molar refractivity (Wildman–Crippen MR) is 123 cm³/mol. The van der Waals surface area contributed by atoms with E-state index in [-0.39, 0.29) is 17.6 Å². The summed E-state index contributed by atoms with van der Waals surface area (Å²) >= 11 is 0. The summed E-state index contributed by atoms with van der Waals surface area (Å²) < 4.78 is 20.2. The lowest BCUT2D eigenvalue weighted by Gasteiger charge is -2.41. The Kier molecular flexibility index (Phi) is 7.22. The van der Waals surface area contributed by atoms with Crippen LogP contribution in [0.2, 0.25) is 0 Å². The molecule has 0 fully saturated rings. The number of carbonyl (C=O) groups excluding carboxylic acids is 2. The van der Waals surface area contributed by atoms with Gasteiger partial charge in [0, 0.05) is 18.5 Å². The molecule has 2 amide bonds. The van der Waals surface area contributed by atoms with E-state index in [9.17, 15) is 14.0 Å². The first kappa shape index (κ1) is 23.8. The van der Waals surface area contributed by atoms with E-state index >= 15 is 0 Å². The van der Waals surface area contributed by atoms with Crippen molar-refractivity contribution in [3.05, 3.63) is 65.0 Å². The lowest BCUT2D eigenvalue weighted by Crippen LogP contribution is -2.45. The summed E-state index contributed by atoms with van der Waals surface area (Å²) in [7, 11) is 0. The van der Waals surface area contributed by atoms with Gasteiger partial charge in [-0.1, -0.05) is 45.9 Å². The maximum absolute atomic E-state index is 14.1. The lowest BCUT2D eigenvalue weighted by molar-refractivity contribution is -0.141. The van der Waals surface area contributed by atoms with Crippen molar-refractivity contribution < 1.29 is 18.7 Å². The highest BCUT2D eigenvalue weighted by Crippen LogP contribution is 2.39. The molecule has 1 aliphatic rings. The minimum absolute atomic E-state index is 0.0116. The van der Waals surface area contributed by atoms with E-state index in [2.05, 4.69) is 5.32 Å². The smallest absolute Gasteiger partial charge is 0.261 e. The molecular weight excluding hydrogens is 407 g/mol. The highest BCUT2D eigenvalue weighted by Gasteiger charge is 2.37. The average molecular weight is 441 g/mol. The van der Waals surface area contributed by atoms with Gasteiger partial charge in [-0.05, 0) is 60.7 Å². The second-order valence-electron chi connectivity index (χ2n) is 9.23. The fourth-order valence-corrected chi connectivity index (χ4v) is 4.13. The van der Waals surface area contributed by atoms with Gasteiger partial charge in [-0.2, -0.15) is 0 Å². The van der Waals surface area contributed by atoms with E-state index in [0.717, 1.165) is 16.7 Å². The van der Waals surface area contributed by atoms with Gasteiger partial charge in [0.15, 0.2) is 6.10 Å². The molecule has 0 radical (unpaired) electrons. The highest BCUT2D eigenvalue weighted by atomic mass is 19.1. The molecule has 0 saturated heterocycles. The molecule has 172 valence electrons. The first-order valence-corrected chi connectivity index (χ1v) is 11.3. The molecule has 0 saturated carbocycles. The summed E-state index contributed by atoms with van der Waals surface area (Å²) in [5.74, 6) is 0.0808. The second-order valence-corrected chi connectivity index (χ2v) is 9.23. The van der Waals surface area contributed by atoms with E-state index in [1.807, 2.05) is 63.8 Å². The van der Waals surface area contributed by atoms with Crippen molar-refractivity contribution in [3.63, 3.8) is 0 Å². The van der Waals surface area contributed by atoms with E-state index in [1.165, 1.54) is 12.1 Å². The number of amides is 2. The van der Waals surface area contributed by atoms with E-state index in [0.29, 0.717) is 31.7 Å². The van der Waals surface area contributed by atoms with Crippen LogP contribution in [0.5, 0.6) is 5.75 Å². The zero-order valence-corrected chi connectivity index (χ0v) is 19.6. The van der Waals surface area contributed by atoms with Gasteiger partial charge in [0.1, 0.15) is 11.6 Å². The van der Waals surface area contributed by atoms with Crippen LogP contribution in [0.1, 0.15) is 63.8 Å². The molecule has 0 aliphatic carbocycles. The Morgan fingerprint density at radius 1 is 1.19 bits per heavy atom. The van der Waals surface area contributed by atoms with Gasteiger partial charge < -0.3 is 15.0 Å². The number of hydrogen-bond acceptors (Lipinski definition) is 3. The Labute approximate surface area is 190 Å². The van der Waals surface area contributed by atoms with Crippen molar-refractivity contribution in [1.29, 1.82) is 0 Å². The van der Waals surface area contributed by atoms with Crippen molar-refractivity contribution in [1.82, 2.24) is 10.2 Å². The first-order chi connectivity index (χ1) is 15.2. The fourth-order valence-electron chi connectivity index (χ4n) is 4.13. The number of nitrogens with one attached hydrogen (secondary N) is 1. The summed E-state index contributed by atoms with van der Waals surface area (Å²) in [6.45, 7) is 10.5. The molecule has 2 aromatic carbocycles. The Balaban J connectivity index is 2.04. The number of nitrogens with zero attached hydrogens (tertiary/aromatic N) is 1. The molecule has 0 bridgehead atoms. The zero-order valence-electron chi connectivity index (χ0n) is 19.6. The highest BCUT2D eigenvalue weighted by molar-refractivity contribution is 5.83. The lowest BCUT2D eigenvalue weighted by atomic mass is 9.85. The number of halogens is 1. The van der Waals surface area contributed by atoms with Crippen LogP contribution >= 0.6 is 0 Å². The van der Waals surface area contributed by atoms with Crippen LogP contribution in [0.3, 0.4) is 0 Å². The van der Waals surface area contributed by atoms with Gasteiger partial charge in [0.2, 0.25) is 5.91 Å². The van der Waals surface area contributed by atoms with Crippen LogP contribution in [-0.4, -0.2) is 35.9 Å². The van der Waals surface area contributed by atoms with Gasteiger partial charge in [0.25, 0.3) is 5.91 Å². The maximum atomic E-state index is 14.1. The van der Waals surface area contributed by atoms with Crippen LogP contribution in [-0.2, 0) is 16.0 Å². The molecular formula is C26H33FN2O3. The van der Waals surface area contributed by atoms with Crippen molar-refractivity contribution >= 4 is 11.8 Å². The van der Waals surface area contributed by atoms with E-state index < -0.39 is 17.6 Å². The Morgan fingerprint density at radius 3 is 2.56 bits per heavy atom. The van der Waals surface area contributed by atoms with E-state index in [4.69, 9.17) is 4.74 Å². The molecule has 3 rings (SSSR count). The number of ether oxygens (including phenoxy) is 1. The molecule has 1 heterocycles. The van der Waals surface area contributed by atoms with Gasteiger partial charge in [-0.3, -0.25) is 9.59 Å².